The lowest BCUT2D eigenvalue weighted by molar-refractivity contribution is 0.135. The maximum Gasteiger partial charge on any atom is 0.161 e. The molecule has 0 saturated heterocycles. The van der Waals surface area contributed by atoms with E-state index in [2.05, 4.69) is 17.1 Å². The van der Waals surface area contributed by atoms with Gasteiger partial charge in [-0.15, -0.1) is 10.2 Å². The molecule has 1 heterocycles. The third-order valence-electron chi connectivity index (χ3n) is 2.59. The molecular weight excluding hydrogens is 154 g/mol. The summed E-state index contributed by atoms with van der Waals surface area (Å²) in [7, 11) is 1.85. The van der Waals surface area contributed by atoms with Gasteiger partial charge in [-0.3, -0.25) is 0 Å². The number of hydrogen-bond donors (Lipinski definition) is 1. The van der Waals surface area contributed by atoms with E-state index in [1.165, 1.54) is 0 Å². The minimum Gasteiger partial charge on any atom is -0.385 e. The average molecular weight is 167 g/mol. The molecule has 0 aliphatic heterocycles. The fraction of sp³-hybridized carbons (Fsp3) is 0.750. The van der Waals surface area contributed by atoms with Crippen LogP contribution < -0.4 is 0 Å². The van der Waals surface area contributed by atoms with Gasteiger partial charge in [0.25, 0.3) is 0 Å². The van der Waals surface area contributed by atoms with Gasteiger partial charge in [-0.2, -0.15) is 0 Å². The topological polar surface area (TPSA) is 50.9 Å². The zero-order chi connectivity index (χ0) is 8.72. The Morgan fingerprint density at radius 3 is 2.83 bits per heavy atom. The summed E-state index contributed by atoms with van der Waals surface area (Å²) < 4.78 is 1.77. The predicted molar refractivity (Wildman–Crippen MR) is 43.2 cm³/mol. The van der Waals surface area contributed by atoms with Crippen LogP contribution in [-0.2, 0) is 7.05 Å². The van der Waals surface area contributed by atoms with Crippen LogP contribution in [0.2, 0.25) is 0 Å². The van der Waals surface area contributed by atoms with Crippen LogP contribution in [-0.4, -0.2) is 19.9 Å². The molecule has 3 unspecified atom stereocenters. The molecule has 0 bridgehead atoms. The summed E-state index contributed by atoms with van der Waals surface area (Å²) >= 11 is 0. The molecule has 1 aliphatic rings. The van der Waals surface area contributed by atoms with Gasteiger partial charge in [-0.05, 0) is 18.3 Å². The molecule has 66 valence electrons. The SMILES string of the molecule is CC1CC1C(O)c1nncn1C. The molecule has 4 heteroatoms. The summed E-state index contributed by atoms with van der Waals surface area (Å²) in [6.07, 6.45) is 2.30. The van der Waals surface area contributed by atoms with Crippen molar-refractivity contribution < 1.29 is 5.11 Å². The first kappa shape index (κ1) is 7.73. The smallest absolute Gasteiger partial charge is 0.161 e. The molecule has 1 aliphatic carbocycles. The molecule has 12 heavy (non-hydrogen) atoms. The molecule has 0 amide bonds. The number of aliphatic hydroxyl groups is 1. The molecule has 0 radical (unpaired) electrons. The van der Waals surface area contributed by atoms with Crippen LogP contribution in [0.4, 0.5) is 0 Å². The van der Waals surface area contributed by atoms with Crippen LogP contribution >= 0.6 is 0 Å². The molecule has 1 N–H and O–H groups in total. The Morgan fingerprint density at radius 2 is 2.42 bits per heavy atom. The van der Waals surface area contributed by atoms with Gasteiger partial charge in [0.1, 0.15) is 12.4 Å². The Labute approximate surface area is 71.2 Å². The van der Waals surface area contributed by atoms with Crippen LogP contribution in [0.25, 0.3) is 0 Å². The van der Waals surface area contributed by atoms with E-state index in [4.69, 9.17) is 0 Å². The van der Waals surface area contributed by atoms with Crippen LogP contribution in [0.5, 0.6) is 0 Å². The molecule has 3 atom stereocenters. The molecular formula is C8H13N3O. The molecule has 0 spiro atoms. The van der Waals surface area contributed by atoms with Gasteiger partial charge in [0.05, 0.1) is 0 Å². The number of aromatic nitrogens is 3. The van der Waals surface area contributed by atoms with Gasteiger partial charge in [0.15, 0.2) is 5.82 Å². The highest BCUT2D eigenvalue weighted by molar-refractivity contribution is 5.00. The molecule has 0 aromatic carbocycles. The molecule has 1 aromatic heterocycles. The third kappa shape index (κ3) is 1.12. The zero-order valence-electron chi connectivity index (χ0n) is 7.31. The van der Waals surface area contributed by atoms with E-state index in [1.54, 1.807) is 10.9 Å². The number of nitrogens with zero attached hydrogens (tertiary/aromatic N) is 3. The zero-order valence-corrected chi connectivity index (χ0v) is 7.31. The molecule has 2 rings (SSSR count). The highest BCUT2D eigenvalue weighted by Crippen LogP contribution is 2.46. The lowest BCUT2D eigenvalue weighted by Crippen LogP contribution is -2.07. The largest absolute Gasteiger partial charge is 0.385 e. The Kier molecular flexibility index (Phi) is 1.65. The minimum atomic E-state index is -0.424. The standard InChI is InChI=1S/C8H13N3O/c1-5-3-6(5)7(12)8-10-9-4-11(8)2/h4-7,12H,3H2,1-2H3. The Hall–Kier alpha value is -0.900. The first-order valence-corrected chi connectivity index (χ1v) is 4.22. The van der Waals surface area contributed by atoms with E-state index in [1.807, 2.05) is 7.05 Å². The van der Waals surface area contributed by atoms with Crippen molar-refractivity contribution in [3.8, 4) is 0 Å². The Morgan fingerprint density at radius 1 is 1.75 bits per heavy atom. The fourth-order valence-corrected chi connectivity index (χ4v) is 1.54. The maximum absolute atomic E-state index is 9.78. The normalized spacial score (nSPS) is 30.2. The van der Waals surface area contributed by atoms with Gasteiger partial charge in [-0.1, -0.05) is 6.92 Å². The van der Waals surface area contributed by atoms with Gasteiger partial charge in [0.2, 0.25) is 0 Å². The van der Waals surface area contributed by atoms with Crippen molar-refractivity contribution in [3.63, 3.8) is 0 Å². The molecule has 1 aromatic rings. The van der Waals surface area contributed by atoms with Gasteiger partial charge >= 0.3 is 0 Å². The highest BCUT2D eigenvalue weighted by Gasteiger charge is 2.41. The van der Waals surface area contributed by atoms with E-state index >= 15 is 0 Å². The van der Waals surface area contributed by atoms with Crippen molar-refractivity contribution in [1.29, 1.82) is 0 Å². The lowest BCUT2D eigenvalue weighted by atomic mass is 10.2. The molecule has 1 saturated carbocycles. The van der Waals surface area contributed by atoms with Crippen molar-refractivity contribution in [2.45, 2.75) is 19.4 Å². The van der Waals surface area contributed by atoms with E-state index in [0.29, 0.717) is 17.7 Å². The fourth-order valence-electron chi connectivity index (χ4n) is 1.54. The summed E-state index contributed by atoms with van der Waals surface area (Å²) in [5, 5.41) is 17.4. The van der Waals surface area contributed by atoms with E-state index in [0.717, 1.165) is 6.42 Å². The monoisotopic (exact) mass is 167 g/mol. The first-order chi connectivity index (χ1) is 5.70. The maximum atomic E-state index is 9.78. The number of hydrogen-bond acceptors (Lipinski definition) is 3. The van der Waals surface area contributed by atoms with Gasteiger partial charge in [-0.25, -0.2) is 0 Å². The van der Waals surface area contributed by atoms with E-state index in [9.17, 15) is 5.11 Å². The number of rotatable bonds is 2. The lowest BCUT2D eigenvalue weighted by Gasteiger charge is -2.07. The second-order valence-electron chi connectivity index (χ2n) is 3.62. The minimum absolute atomic E-state index is 0.396. The summed E-state index contributed by atoms with van der Waals surface area (Å²) in [4.78, 5) is 0. The summed E-state index contributed by atoms with van der Waals surface area (Å²) in [5.41, 5.74) is 0. The van der Waals surface area contributed by atoms with Crippen molar-refractivity contribution in [2.75, 3.05) is 0 Å². The van der Waals surface area contributed by atoms with Crippen molar-refractivity contribution in [2.24, 2.45) is 18.9 Å². The second kappa shape index (κ2) is 2.55. The average Bonchev–Trinajstić information content (AvgIpc) is 2.59. The van der Waals surface area contributed by atoms with Gasteiger partial charge in [0, 0.05) is 7.05 Å². The van der Waals surface area contributed by atoms with Gasteiger partial charge < -0.3 is 9.67 Å². The number of aryl methyl sites for hydroxylation is 1. The summed E-state index contributed by atoms with van der Waals surface area (Å²) in [6, 6.07) is 0. The van der Waals surface area contributed by atoms with Crippen LogP contribution in [0.1, 0.15) is 25.3 Å². The van der Waals surface area contributed by atoms with Crippen molar-refractivity contribution >= 4 is 0 Å². The van der Waals surface area contributed by atoms with Crippen molar-refractivity contribution in [1.82, 2.24) is 14.8 Å². The predicted octanol–water partition coefficient (Wildman–Crippen LogP) is 0.504. The van der Waals surface area contributed by atoms with E-state index < -0.39 is 6.10 Å². The highest BCUT2D eigenvalue weighted by atomic mass is 16.3. The molecule has 4 nitrogen and oxygen atoms in total. The third-order valence-corrected chi connectivity index (χ3v) is 2.59. The number of aliphatic hydroxyl groups excluding tert-OH is 1. The van der Waals surface area contributed by atoms with Crippen LogP contribution in [0, 0.1) is 11.8 Å². The second-order valence-corrected chi connectivity index (χ2v) is 3.62. The first-order valence-electron chi connectivity index (χ1n) is 4.22. The van der Waals surface area contributed by atoms with Crippen molar-refractivity contribution in [3.05, 3.63) is 12.2 Å². The summed E-state index contributed by atoms with van der Waals surface area (Å²) in [5.74, 6) is 1.72. The Bertz CT molecular complexity index is 284. The van der Waals surface area contributed by atoms with Crippen LogP contribution in [0.3, 0.4) is 0 Å². The Balaban J connectivity index is 2.14. The quantitative estimate of drug-likeness (QED) is 0.698. The summed E-state index contributed by atoms with van der Waals surface area (Å²) in [6.45, 7) is 2.14. The van der Waals surface area contributed by atoms with Crippen LogP contribution in [0.15, 0.2) is 6.33 Å². The molecule has 1 fully saturated rings. The van der Waals surface area contributed by atoms with E-state index in [-0.39, 0.29) is 0 Å².